The first-order chi connectivity index (χ1) is 5.47. The zero-order valence-electron chi connectivity index (χ0n) is 8.22. The van der Waals surface area contributed by atoms with Gasteiger partial charge in [-0.15, -0.1) is 0 Å². The number of ether oxygens (including phenoxy) is 2. The van der Waals surface area contributed by atoms with Gasteiger partial charge in [-0.3, -0.25) is 0 Å². The molecule has 1 heterocycles. The molecular formula is C9H19NO2. The summed E-state index contributed by atoms with van der Waals surface area (Å²) in [6.07, 6.45) is 0. The molecule has 3 heteroatoms. The molecule has 1 saturated heterocycles. The lowest BCUT2D eigenvalue weighted by molar-refractivity contribution is -0.164. The van der Waals surface area contributed by atoms with Gasteiger partial charge in [-0.2, -0.15) is 0 Å². The van der Waals surface area contributed by atoms with Crippen molar-refractivity contribution in [3.63, 3.8) is 0 Å². The third-order valence-corrected chi connectivity index (χ3v) is 2.06. The van der Waals surface area contributed by atoms with Gasteiger partial charge < -0.3 is 15.2 Å². The maximum absolute atomic E-state index is 5.67. The Hall–Kier alpha value is -0.120. The molecule has 72 valence electrons. The summed E-state index contributed by atoms with van der Waals surface area (Å²) in [7, 11) is 0. The van der Waals surface area contributed by atoms with Crippen LogP contribution in [0.3, 0.4) is 0 Å². The normalized spacial score (nSPS) is 22.0. The lowest BCUT2D eigenvalue weighted by atomic mass is 9.87. The van der Waals surface area contributed by atoms with Crippen LogP contribution in [-0.2, 0) is 9.47 Å². The fourth-order valence-electron chi connectivity index (χ4n) is 1.02. The molecule has 3 nitrogen and oxygen atoms in total. The van der Waals surface area contributed by atoms with Gasteiger partial charge in [-0.1, -0.05) is 0 Å². The van der Waals surface area contributed by atoms with Crippen LogP contribution in [0.15, 0.2) is 0 Å². The van der Waals surface area contributed by atoms with Gasteiger partial charge in [0.2, 0.25) is 0 Å². The molecule has 1 aliphatic heterocycles. The molecule has 1 aliphatic rings. The highest BCUT2D eigenvalue weighted by atomic mass is 16.5. The Morgan fingerprint density at radius 2 is 2.00 bits per heavy atom. The van der Waals surface area contributed by atoms with Crippen molar-refractivity contribution in [1.29, 1.82) is 0 Å². The van der Waals surface area contributed by atoms with Gasteiger partial charge in [0.05, 0.1) is 30.8 Å². The molecule has 0 aliphatic carbocycles. The minimum absolute atomic E-state index is 0.0717. The Kier molecular flexibility index (Phi) is 2.76. The molecule has 2 N–H and O–H groups in total. The van der Waals surface area contributed by atoms with Crippen LogP contribution in [0.5, 0.6) is 0 Å². The molecule has 0 amide bonds. The second-order valence-electron chi connectivity index (χ2n) is 4.60. The maximum Gasteiger partial charge on any atom is 0.0598 e. The molecule has 0 aromatic heterocycles. The van der Waals surface area contributed by atoms with Gasteiger partial charge in [-0.05, 0) is 20.8 Å². The lowest BCUT2D eigenvalue weighted by Crippen LogP contribution is -2.52. The van der Waals surface area contributed by atoms with Crippen molar-refractivity contribution >= 4 is 0 Å². The smallest absolute Gasteiger partial charge is 0.0598 e. The van der Waals surface area contributed by atoms with Gasteiger partial charge in [0.25, 0.3) is 0 Å². The van der Waals surface area contributed by atoms with E-state index in [1.54, 1.807) is 0 Å². The average molecular weight is 173 g/mol. The van der Waals surface area contributed by atoms with Crippen molar-refractivity contribution < 1.29 is 9.47 Å². The number of rotatable bonds is 3. The highest BCUT2D eigenvalue weighted by molar-refractivity contribution is 4.87. The quantitative estimate of drug-likeness (QED) is 0.686. The second kappa shape index (κ2) is 3.32. The zero-order valence-corrected chi connectivity index (χ0v) is 8.22. The van der Waals surface area contributed by atoms with Crippen LogP contribution in [0.4, 0.5) is 0 Å². The van der Waals surface area contributed by atoms with Crippen molar-refractivity contribution in [3.8, 4) is 0 Å². The Morgan fingerprint density at radius 1 is 1.42 bits per heavy atom. The van der Waals surface area contributed by atoms with E-state index in [0.717, 1.165) is 13.2 Å². The van der Waals surface area contributed by atoms with Crippen LogP contribution < -0.4 is 5.73 Å². The van der Waals surface area contributed by atoms with Crippen molar-refractivity contribution in [2.45, 2.75) is 26.4 Å². The first-order valence-electron chi connectivity index (χ1n) is 4.39. The van der Waals surface area contributed by atoms with Crippen LogP contribution in [0.2, 0.25) is 0 Å². The summed E-state index contributed by atoms with van der Waals surface area (Å²) in [6, 6.07) is 0. The molecule has 0 aromatic rings. The SMILES string of the molecule is CC(C)(C)OCC1(CN)COC1. The lowest BCUT2D eigenvalue weighted by Gasteiger charge is -2.41. The van der Waals surface area contributed by atoms with E-state index in [0.29, 0.717) is 13.2 Å². The van der Waals surface area contributed by atoms with Crippen molar-refractivity contribution in [1.82, 2.24) is 0 Å². The molecule has 1 rings (SSSR count). The van der Waals surface area contributed by atoms with Crippen molar-refractivity contribution in [2.24, 2.45) is 11.1 Å². The molecule has 0 unspecified atom stereocenters. The van der Waals surface area contributed by atoms with E-state index in [9.17, 15) is 0 Å². The molecular weight excluding hydrogens is 154 g/mol. The van der Waals surface area contributed by atoms with E-state index in [4.69, 9.17) is 15.2 Å². The number of hydrogen-bond donors (Lipinski definition) is 1. The van der Waals surface area contributed by atoms with Crippen LogP contribution in [0, 0.1) is 5.41 Å². The van der Waals surface area contributed by atoms with Crippen LogP contribution in [0.1, 0.15) is 20.8 Å². The monoisotopic (exact) mass is 173 g/mol. The van der Waals surface area contributed by atoms with Crippen LogP contribution >= 0.6 is 0 Å². The molecule has 12 heavy (non-hydrogen) atoms. The van der Waals surface area contributed by atoms with Gasteiger partial charge in [0.15, 0.2) is 0 Å². The van der Waals surface area contributed by atoms with Crippen LogP contribution in [-0.4, -0.2) is 32.0 Å². The van der Waals surface area contributed by atoms with Crippen molar-refractivity contribution in [2.75, 3.05) is 26.4 Å². The van der Waals surface area contributed by atoms with Gasteiger partial charge >= 0.3 is 0 Å². The largest absolute Gasteiger partial charge is 0.380 e. The maximum atomic E-state index is 5.67. The molecule has 0 atom stereocenters. The summed E-state index contributed by atoms with van der Waals surface area (Å²) in [4.78, 5) is 0. The number of hydrogen-bond acceptors (Lipinski definition) is 3. The fraction of sp³-hybridized carbons (Fsp3) is 1.00. The highest BCUT2D eigenvalue weighted by Crippen LogP contribution is 2.27. The second-order valence-corrected chi connectivity index (χ2v) is 4.60. The first kappa shape index (κ1) is 9.96. The highest BCUT2D eigenvalue weighted by Gasteiger charge is 2.38. The third kappa shape index (κ3) is 2.44. The molecule has 0 spiro atoms. The topological polar surface area (TPSA) is 44.5 Å². The summed E-state index contributed by atoms with van der Waals surface area (Å²) in [5, 5.41) is 0. The first-order valence-corrected chi connectivity index (χ1v) is 4.39. The fourth-order valence-corrected chi connectivity index (χ4v) is 1.02. The summed E-state index contributed by atoms with van der Waals surface area (Å²) < 4.78 is 10.8. The summed E-state index contributed by atoms with van der Waals surface area (Å²) in [6.45, 7) is 9.03. The van der Waals surface area contributed by atoms with E-state index in [1.165, 1.54) is 0 Å². The minimum atomic E-state index is -0.0717. The molecule has 0 bridgehead atoms. The third-order valence-electron chi connectivity index (χ3n) is 2.06. The predicted octanol–water partition coefficient (Wildman–Crippen LogP) is 0.777. The Balaban J connectivity index is 2.30. The predicted molar refractivity (Wildman–Crippen MR) is 48.0 cm³/mol. The number of nitrogens with two attached hydrogens (primary N) is 1. The Labute approximate surface area is 74.2 Å². The van der Waals surface area contributed by atoms with Crippen LogP contribution in [0.25, 0.3) is 0 Å². The van der Waals surface area contributed by atoms with E-state index in [2.05, 4.69) is 20.8 Å². The molecule has 0 saturated carbocycles. The zero-order chi connectivity index (χ0) is 9.24. The van der Waals surface area contributed by atoms with E-state index in [-0.39, 0.29) is 11.0 Å². The summed E-state index contributed by atoms with van der Waals surface area (Å²) >= 11 is 0. The van der Waals surface area contributed by atoms with E-state index < -0.39 is 0 Å². The summed E-state index contributed by atoms with van der Waals surface area (Å²) in [5.74, 6) is 0. The van der Waals surface area contributed by atoms with Crippen molar-refractivity contribution in [3.05, 3.63) is 0 Å². The Bertz CT molecular complexity index is 142. The van der Waals surface area contributed by atoms with E-state index in [1.807, 2.05) is 0 Å². The molecule has 0 aromatic carbocycles. The minimum Gasteiger partial charge on any atom is -0.380 e. The van der Waals surface area contributed by atoms with Gasteiger partial charge in [0, 0.05) is 6.54 Å². The molecule has 1 fully saturated rings. The molecule has 0 radical (unpaired) electrons. The van der Waals surface area contributed by atoms with E-state index >= 15 is 0 Å². The Morgan fingerprint density at radius 3 is 2.25 bits per heavy atom. The van der Waals surface area contributed by atoms with Gasteiger partial charge in [0.1, 0.15) is 0 Å². The average Bonchev–Trinajstić information content (AvgIpc) is 1.84. The van der Waals surface area contributed by atoms with Gasteiger partial charge in [-0.25, -0.2) is 0 Å². The standard InChI is InChI=1S/C9H19NO2/c1-8(2,3)12-7-9(4-10)5-11-6-9/h4-7,10H2,1-3H3. The summed E-state index contributed by atoms with van der Waals surface area (Å²) in [5.41, 5.74) is 5.67.